The van der Waals surface area contributed by atoms with Gasteiger partial charge in [0, 0.05) is 0 Å². The van der Waals surface area contributed by atoms with Crippen LogP contribution in [0.4, 0.5) is 8.78 Å². The Morgan fingerprint density at radius 1 is 1.31 bits per heavy atom. The molecule has 0 aromatic carbocycles. The molecule has 3 heteroatoms. The summed E-state index contributed by atoms with van der Waals surface area (Å²) in [5.74, 6) is 0.183. The minimum Gasteiger partial charge on any atom is -0.384 e. The van der Waals surface area contributed by atoms with Gasteiger partial charge in [-0.25, -0.2) is 8.78 Å². The largest absolute Gasteiger partial charge is 0.384 e. The van der Waals surface area contributed by atoms with Gasteiger partial charge in [-0.05, 0) is 30.6 Å². The Balaban J connectivity index is 2.78. The van der Waals surface area contributed by atoms with Crippen molar-refractivity contribution in [2.45, 2.75) is 52.1 Å². The molecule has 0 aromatic heterocycles. The first-order valence-electron chi connectivity index (χ1n) is 4.76. The molecule has 0 aliphatic heterocycles. The molecule has 1 nitrogen and oxygen atoms in total. The molecule has 1 rings (SSSR count). The number of hydrogen-bond donors (Lipinski definition) is 1. The van der Waals surface area contributed by atoms with Gasteiger partial charge in [-0.3, -0.25) is 0 Å². The fourth-order valence-corrected chi connectivity index (χ4v) is 2.76. The first-order valence-corrected chi connectivity index (χ1v) is 4.76. The topological polar surface area (TPSA) is 20.2 Å². The number of hydrogen-bond acceptors (Lipinski definition) is 1. The molecule has 1 fully saturated rings. The van der Waals surface area contributed by atoms with E-state index in [4.69, 9.17) is 0 Å². The van der Waals surface area contributed by atoms with Gasteiger partial charge in [0.25, 0.3) is 6.43 Å². The Labute approximate surface area is 78.1 Å². The van der Waals surface area contributed by atoms with E-state index in [2.05, 4.69) is 0 Å². The summed E-state index contributed by atoms with van der Waals surface area (Å²) in [6, 6.07) is 0. The third-order valence-corrected chi connectivity index (χ3v) is 2.79. The molecule has 1 aliphatic rings. The molecular weight excluding hydrogens is 174 g/mol. The van der Waals surface area contributed by atoms with Crippen molar-refractivity contribution < 1.29 is 13.9 Å². The average molecular weight is 192 g/mol. The van der Waals surface area contributed by atoms with Crippen LogP contribution in [-0.4, -0.2) is 17.1 Å². The lowest BCUT2D eigenvalue weighted by atomic mass is 9.66. The van der Waals surface area contributed by atoms with Crippen molar-refractivity contribution >= 4 is 0 Å². The highest BCUT2D eigenvalue weighted by Gasteiger charge is 2.47. The lowest BCUT2D eigenvalue weighted by molar-refractivity contribution is -0.149. The van der Waals surface area contributed by atoms with Crippen LogP contribution in [0.3, 0.4) is 0 Å². The number of rotatable bonds is 1. The molecule has 1 N–H and O–H groups in total. The zero-order chi connectivity index (χ0) is 10.3. The van der Waals surface area contributed by atoms with Crippen LogP contribution in [-0.2, 0) is 0 Å². The van der Waals surface area contributed by atoms with Crippen molar-refractivity contribution in [1.29, 1.82) is 0 Å². The second kappa shape index (κ2) is 3.19. The molecule has 2 atom stereocenters. The molecule has 0 aromatic rings. The molecule has 0 radical (unpaired) electrons. The minimum atomic E-state index is -2.62. The Hall–Kier alpha value is -0.180. The second-order valence-corrected chi connectivity index (χ2v) is 5.26. The predicted molar refractivity (Wildman–Crippen MR) is 47.7 cm³/mol. The predicted octanol–water partition coefficient (Wildman–Crippen LogP) is 2.83. The quantitative estimate of drug-likeness (QED) is 0.677. The smallest absolute Gasteiger partial charge is 0.266 e. The molecular formula is C10H18F2O. The number of alkyl halides is 2. The van der Waals surface area contributed by atoms with Gasteiger partial charge >= 0.3 is 0 Å². The summed E-state index contributed by atoms with van der Waals surface area (Å²) in [6.07, 6.45) is -1.26. The van der Waals surface area contributed by atoms with Gasteiger partial charge in [-0.2, -0.15) is 0 Å². The van der Waals surface area contributed by atoms with Crippen LogP contribution >= 0.6 is 0 Å². The van der Waals surface area contributed by atoms with E-state index in [1.54, 1.807) is 0 Å². The zero-order valence-electron chi connectivity index (χ0n) is 8.48. The first kappa shape index (κ1) is 10.9. The molecule has 1 saturated carbocycles. The number of halogens is 2. The summed E-state index contributed by atoms with van der Waals surface area (Å²) in [7, 11) is 0. The zero-order valence-corrected chi connectivity index (χ0v) is 8.48. The van der Waals surface area contributed by atoms with Crippen molar-refractivity contribution in [3.05, 3.63) is 0 Å². The Bertz CT molecular complexity index is 191. The maximum absolute atomic E-state index is 12.6. The molecule has 0 amide bonds. The highest BCUT2D eigenvalue weighted by molar-refractivity contribution is 4.94. The van der Waals surface area contributed by atoms with Crippen LogP contribution in [0.25, 0.3) is 0 Å². The van der Waals surface area contributed by atoms with Crippen LogP contribution in [0.15, 0.2) is 0 Å². The minimum absolute atomic E-state index is 0.164. The number of aliphatic hydroxyl groups is 1. The second-order valence-electron chi connectivity index (χ2n) is 5.26. The summed E-state index contributed by atoms with van der Waals surface area (Å²) >= 11 is 0. The monoisotopic (exact) mass is 192 g/mol. The summed E-state index contributed by atoms with van der Waals surface area (Å²) in [5, 5.41) is 9.70. The van der Waals surface area contributed by atoms with Crippen molar-refractivity contribution in [3.63, 3.8) is 0 Å². The van der Waals surface area contributed by atoms with Crippen molar-refractivity contribution in [2.24, 2.45) is 11.3 Å². The molecule has 13 heavy (non-hydrogen) atoms. The molecule has 0 heterocycles. The van der Waals surface area contributed by atoms with Crippen molar-refractivity contribution in [2.75, 3.05) is 0 Å². The van der Waals surface area contributed by atoms with Gasteiger partial charge in [0.05, 0.1) is 0 Å². The van der Waals surface area contributed by atoms with Crippen molar-refractivity contribution in [3.8, 4) is 0 Å². The normalized spacial score (nSPS) is 39.5. The molecule has 2 unspecified atom stereocenters. The van der Waals surface area contributed by atoms with E-state index in [1.165, 1.54) is 0 Å². The van der Waals surface area contributed by atoms with E-state index in [1.807, 2.05) is 20.8 Å². The van der Waals surface area contributed by atoms with Crippen LogP contribution in [0.1, 0.15) is 40.0 Å². The van der Waals surface area contributed by atoms with Gasteiger partial charge in [-0.1, -0.05) is 20.8 Å². The van der Waals surface area contributed by atoms with Crippen LogP contribution < -0.4 is 0 Å². The van der Waals surface area contributed by atoms with Crippen LogP contribution in [0.2, 0.25) is 0 Å². The van der Waals surface area contributed by atoms with Gasteiger partial charge in [0.15, 0.2) is 0 Å². The van der Waals surface area contributed by atoms with Crippen molar-refractivity contribution in [1.82, 2.24) is 0 Å². The summed E-state index contributed by atoms with van der Waals surface area (Å²) in [6.45, 7) is 5.81. The molecule has 1 aliphatic carbocycles. The van der Waals surface area contributed by atoms with E-state index in [0.29, 0.717) is 0 Å². The average Bonchev–Trinajstić information content (AvgIpc) is 1.79. The van der Waals surface area contributed by atoms with E-state index < -0.39 is 12.0 Å². The Morgan fingerprint density at radius 2 is 1.85 bits per heavy atom. The highest BCUT2D eigenvalue weighted by atomic mass is 19.3. The lowest BCUT2D eigenvalue weighted by Gasteiger charge is -2.44. The standard InChI is InChI=1S/C10H18F2O/c1-7-4-9(2,3)6-10(13,5-7)8(11)12/h7-8,13H,4-6H2,1-3H3. The van der Waals surface area contributed by atoms with Gasteiger partial charge in [-0.15, -0.1) is 0 Å². The lowest BCUT2D eigenvalue weighted by Crippen LogP contribution is -2.47. The summed E-state index contributed by atoms with van der Waals surface area (Å²) in [4.78, 5) is 0. The summed E-state index contributed by atoms with van der Waals surface area (Å²) in [5.41, 5.74) is -1.91. The molecule has 0 spiro atoms. The molecule has 0 saturated heterocycles. The van der Waals surface area contributed by atoms with E-state index in [0.717, 1.165) is 6.42 Å². The SMILES string of the molecule is CC1CC(C)(C)CC(O)(C(F)F)C1. The first-order chi connectivity index (χ1) is 5.75. The summed E-state index contributed by atoms with van der Waals surface area (Å²) < 4.78 is 25.1. The van der Waals surface area contributed by atoms with Crippen LogP contribution in [0, 0.1) is 11.3 Å². The third-order valence-electron chi connectivity index (χ3n) is 2.79. The Kier molecular flexibility index (Phi) is 2.68. The van der Waals surface area contributed by atoms with Gasteiger partial charge in [0.2, 0.25) is 0 Å². The van der Waals surface area contributed by atoms with Gasteiger partial charge < -0.3 is 5.11 Å². The highest BCUT2D eigenvalue weighted by Crippen LogP contribution is 2.46. The third kappa shape index (κ3) is 2.39. The molecule has 0 bridgehead atoms. The van der Waals surface area contributed by atoms with E-state index in [9.17, 15) is 13.9 Å². The van der Waals surface area contributed by atoms with Gasteiger partial charge in [0.1, 0.15) is 5.60 Å². The fourth-order valence-electron chi connectivity index (χ4n) is 2.76. The maximum Gasteiger partial charge on any atom is 0.266 e. The van der Waals surface area contributed by atoms with E-state index >= 15 is 0 Å². The fraction of sp³-hybridized carbons (Fsp3) is 1.00. The Morgan fingerprint density at radius 3 is 2.23 bits per heavy atom. The maximum atomic E-state index is 12.6. The van der Waals surface area contributed by atoms with E-state index in [-0.39, 0.29) is 24.2 Å². The van der Waals surface area contributed by atoms with Crippen LogP contribution in [0.5, 0.6) is 0 Å². The molecule has 78 valence electrons.